The van der Waals surface area contributed by atoms with E-state index in [0.29, 0.717) is 10.7 Å². The zero-order valence-corrected chi connectivity index (χ0v) is 11.4. The first-order valence-electron chi connectivity index (χ1n) is 6.22. The molecule has 0 spiro atoms. The lowest BCUT2D eigenvalue weighted by Crippen LogP contribution is -2.33. The summed E-state index contributed by atoms with van der Waals surface area (Å²) in [5.41, 5.74) is -2.09. The van der Waals surface area contributed by atoms with Crippen LogP contribution in [0.1, 0.15) is 30.0 Å². The molecule has 5 nitrogen and oxygen atoms in total. The fraction of sp³-hybridized carbons (Fsp3) is 0.417. The number of aromatic nitrogens is 4. The van der Waals surface area contributed by atoms with Gasteiger partial charge in [0.15, 0.2) is 0 Å². The van der Waals surface area contributed by atoms with Gasteiger partial charge in [-0.3, -0.25) is 4.79 Å². The first-order valence-corrected chi connectivity index (χ1v) is 6.59. The van der Waals surface area contributed by atoms with Crippen LogP contribution in [0.5, 0.6) is 0 Å². The van der Waals surface area contributed by atoms with Crippen molar-refractivity contribution >= 4 is 11.6 Å². The van der Waals surface area contributed by atoms with Gasteiger partial charge in [0.2, 0.25) is 0 Å². The normalized spacial score (nSPS) is 15.4. The summed E-state index contributed by atoms with van der Waals surface area (Å²) in [7, 11) is 0. The Balaban J connectivity index is 2.05. The first kappa shape index (κ1) is 14.1. The molecule has 0 amide bonds. The average Bonchev–Trinajstić information content (AvgIpc) is 3.15. The fourth-order valence-corrected chi connectivity index (χ4v) is 2.15. The molecule has 0 saturated heterocycles. The van der Waals surface area contributed by atoms with Crippen LogP contribution in [0.25, 0.3) is 0 Å². The Labute approximate surface area is 121 Å². The molecule has 9 heteroatoms. The summed E-state index contributed by atoms with van der Waals surface area (Å²) in [6.07, 6.45) is -0.381. The van der Waals surface area contributed by atoms with Crippen molar-refractivity contribution in [3.05, 3.63) is 45.1 Å². The molecule has 0 unspecified atom stereocenters. The molecule has 1 saturated carbocycles. The molecule has 0 atom stereocenters. The maximum Gasteiger partial charge on any atom is 0.421 e. The van der Waals surface area contributed by atoms with Crippen molar-refractivity contribution in [2.75, 3.05) is 0 Å². The predicted molar refractivity (Wildman–Crippen MR) is 68.1 cm³/mol. The quantitative estimate of drug-likeness (QED) is 0.873. The second kappa shape index (κ2) is 4.87. The molecule has 0 radical (unpaired) electrons. The van der Waals surface area contributed by atoms with Gasteiger partial charge in [-0.05, 0) is 18.9 Å². The van der Waals surface area contributed by atoms with Gasteiger partial charge in [0.25, 0.3) is 5.56 Å². The monoisotopic (exact) mass is 318 g/mol. The maximum atomic E-state index is 13.0. The van der Waals surface area contributed by atoms with E-state index in [1.165, 1.54) is 17.1 Å². The second-order valence-corrected chi connectivity index (χ2v) is 5.34. The lowest BCUT2D eigenvalue weighted by molar-refractivity contribution is -0.139. The Bertz CT molecular complexity index is 733. The smallest absolute Gasteiger partial charge is 0.267 e. The number of alkyl halides is 3. The zero-order valence-electron chi connectivity index (χ0n) is 10.6. The Morgan fingerprint density at radius 3 is 2.62 bits per heavy atom. The fourth-order valence-electron chi connectivity index (χ4n) is 1.99. The number of hydrogen-bond donors (Lipinski definition) is 0. The summed E-state index contributed by atoms with van der Waals surface area (Å²) < 4.78 is 40.9. The van der Waals surface area contributed by atoms with E-state index in [-0.39, 0.29) is 12.6 Å². The van der Waals surface area contributed by atoms with Crippen LogP contribution in [0.15, 0.2) is 23.3 Å². The van der Waals surface area contributed by atoms with E-state index in [1.54, 1.807) is 0 Å². The molecule has 1 fully saturated rings. The van der Waals surface area contributed by atoms with Crippen LogP contribution in [0, 0.1) is 0 Å². The topological polar surface area (TPSA) is 52.7 Å². The maximum absolute atomic E-state index is 13.0. The van der Waals surface area contributed by atoms with Crippen LogP contribution in [-0.4, -0.2) is 19.6 Å². The molecule has 2 aromatic rings. The van der Waals surface area contributed by atoms with Crippen LogP contribution < -0.4 is 5.56 Å². The molecular weight excluding hydrogens is 309 g/mol. The van der Waals surface area contributed by atoms with Crippen LogP contribution in [0.2, 0.25) is 5.02 Å². The van der Waals surface area contributed by atoms with E-state index in [2.05, 4.69) is 10.2 Å². The lowest BCUT2D eigenvalue weighted by Gasteiger charge is -2.12. The van der Waals surface area contributed by atoms with Crippen molar-refractivity contribution < 1.29 is 13.2 Å². The summed E-state index contributed by atoms with van der Waals surface area (Å²) in [6, 6.07) is 0.854. The highest BCUT2D eigenvalue weighted by Crippen LogP contribution is 2.40. The first-order chi connectivity index (χ1) is 9.84. The van der Waals surface area contributed by atoms with E-state index in [1.807, 2.05) is 0 Å². The summed E-state index contributed by atoms with van der Waals surface area (Å²) in [5.74, 6) is -0.000778. The van der Waals surface area contributed by atoms with Gasteiger partial charge in [-0.2, -0.15) is 23.4 Å². The van der Waals surface area contributed by atoms with Gasteiger partial charge >= 0.3 is 6.18 Å². The van der Waals surface area contributed by atoms with Crippen LogP contribution in [0.3, 0.4) is 0 Å². The number of nitrogens with zero attached hydrogens (tertiary/aromatic N) is 4. The van der Waals surface area contributed by atoms with E-state index >= 15 is 0 Å². The molecule has 0 aromatic carbocycles. The standard InChI is InChI=1S/C12H10ClF3N4O/c13-8-4-17-19(5-8)6-20-11(21)9(12(14,15)16)3-10(18-20)7-1-2-7/h3-5,7H,1-2,6H2. The molecular formula is C12H10ClF3N4O. The van der Waals surface area contributed by atoms with Crippen molar-refractivity contribution in [3.8, 4) is 0 Å². The minimum Gasteiger partial charge on any atom is -0.267 e. The second-order valence-electron chi connectivity index (χ2n) is 4.90. The highest BCUT2D eigenvalue weighted by molar-refractivity contribution is 6.30. The summed E-state index contributed by atoms with van der Waals surface area (Å²) in [4.78, 5) is 11.9. The Morgan fingerprint density at radius 1 is 1.38 bits per heavy atom. The molecule has 0 N–H and O–H groups in total. The SMILES string of the molecule is O=c1c(C(F)(F)F)cc(C2CC2)nn1Cn1cc(Cl)cn1. The van der Waals surface area contributed by atoms with Gasteiger partial charge in [0, 0.05) is 12.1 Å². The summed E-state index contributed by atoms with van der Waals surface area (Å²) >= 11 is 5.69. The van der Waals surface area contributed by atoms with Crippen molar-refractivity contribution in [3.63, 3.8) is 0 Å². The van der Waals surface area contributed by atoms with Gasteiger partial charge in [-0.1, -0.05) is 11.6 Å². The number of hydrogen-bond acceptors (Lipinski definition) is 3. The van der Waals surface area contributed by atoms with Gasteiger partial charge in [-0.25, -0.2) is 9.36 Å². The van der Waals surface area contributed by atoms with Gasteiger partial charge < -0.3 is 0 Å². The van der Waals surface area contributed by atoms with Gasteiger partial charge in [-0.15, -0.1) is 0 Å². The van der Waals surface area contributed by atoms with Crippen molar-refractivity contribution in [1.29, 1.82) is 0 Å². The van der Waals surface area contributed by atoms with E-state index in [0.717, 1.165) is 23.6 Å². The Kier molecular flexibility index (Phi) is 3.27. The molecule has 2 aromatic heterocycles. The van der Waals surface area contributed by atoms with E-state index in [9.17, 15) is 18.0 Å². The molecule has 0 aliphatic heterocycles. The third-order valence-corrected chi connectivity index (χ3v) is 3.37. The van der Waals surface area contributed by atoms with E-state index in [4.69, 9.17) is 11.6 Å². The summed E-state index contributed by atoms with van der Waals surface area (Å²) in [6.45, 7) is -0.213. The van der Waals surface area contributed by atoms with Crippen LogP contribution in [-0.2, 0) is 12.8 Å². The molecule has 112 valence electrons. The predicted octanol–water partition coefficient (Wildman–Crippen LogP) is 2.50. The molecule has 3 rings (SSSR count). The minimum atomic E-state index is -4.70. The van der Waals surface area contributed by atoms with Gasteiger partial charge in [0.05, 0.1) is 16.9 Å². The van der Waals surface area contributed by atoms with Crippen molar-refractivity contribution in [2.24, 2.45) is 0 Å². The van der Waals surface area contributed by atoms with Crippen LogP contribution in [0.4, 0.5) is 13.2 Å². The zero-order chi connectivity index (χ0) is 15.2. The molecule has 2 heterocycles. The molecule has 1 aliphatic rings. The van der Waals surface area contributed by atoms with E-state index < -0.39 is 17.3 Å². The molecule has 1 aliphatic carbocycles. The Morgan fingerprint density at radius 2 is 2.10 bits per heavy atom. The Hall–Kier alpha value is -1.83. The summed E-state index contributed by atoms with van der Waals surface area (Å²) in [5, 5.41) is 8.18. The molecule has 0 bridgehead atoms. The third-order valence-electron chi connectivity index (χ3n) is 3.17. The highest BCUT2D eigenvalue weighted by atomic mass is 35.5. The highest BCUT2D eigenvalue weighted by Gasteiger charge is 2.37. The van der Waals surface area contributed by atoms with Crippen molar-refractivity contribution in [1.82, 2.24) is 19.6 Å². The lowest BCUT2D eigenvalue weighted by atomic mass is 10.2. The minimum absolute atomic E-state index is 0.000778. The van der Waals surface area contributed by atoms with Crippen molar-refractivity contribution in [2.45, 2.75) is 31.6 Å². The number of halogens is 4. The van der Waals surface area contributed by atoms with Gasteiger partial charge in [0.1, 0.15) is 12.2 Å². The largest absolute Gasteiger partial charge is 0.421 e. The number of rotatable bonds is 3. The third kappa shape index (κ3) is 2.94. The molecule has 21 heavy (non-hydrogen) atoms. The average molecular weight is 319 g/mol. The van der Waals surface area contributed by atoms with Crippen LogP contribution >= 0.6 is 11.6 Å².